The molecule has 7 heteroatoms. The molecular formula is C13H12F3NO3. The molecule has 0 amide bonds. The molecular weight excluding hydrogens is 275 g/mol. The molecule has 0 atom stereocenters. The van der Waals surface area contributed by atoms with Crippen LogP contribution < -0.4 is 10.1 Å². The van der Waals surface area contributed by atoms with E-state index in [1.165, 1.54) is 18.2 Å². The number of halogens is 3. The van der Waals surface area contributed by atoms with Crippen molar-refractivity contribution in [2.45, 2.75) is 13.3 Å². The largest absolute Gasteiger partial charge is 0.573 e. The molecule has 0 aliphatic heterocycles. The highest BCUT2D eigenvalue weighted by Gasteiger charge is 2.31. The topological polar surface area (TPSA) is 54.6 Å². The van der Waals surface area contributed by atoms with Crippen LogP contribution in [-0.2, 0) is 0 Å². The van der Waals surface area contributed by atoms with Gasteiger partial charge in [0.2, 0.25) is 5.88 Å². The number of rotatable bonds is 3. The van der Waals surface area contributed by atoms with Crippen LogP contribution >= 0.6 is 0 Å². The summed E-state index contributed by atoms with van der Waals surface area (Å²) < 4.78 is 45.7. The molecule has 0 spiro atoms. The van der Waals surface area contributed by atoms with Crippen molar-refractivity contribution in [1.82, 2.24) is 0 Å². The maximum atomic E-state index is 12.2. The van der Waals surface area contributed by atoms with Gasteiger partial charge in [0.15, 0.2) is 5.75 Å². The second-order valence-electron chi connectivity index (χ2n) is 4.04. The van der Waals surface area contributed by atoms with Gasteiger partial charge >= 0.3 is 6.36 Å². The standard InChI is InChI=1S/C13H12F3NO3/c1-7-11(18)10(12(17-2)19-7)8-4-3-5-9(6-8)20-13(14,15)16/h3-6,17-18H,1-2H3. The summed E-state index contributed by atoms with van der Waals surface area (Å²) in [4.78, 5) is 0. The lowest BCUT2D eigenvalue weighted by Gasteiger charge is -2.10. The van der Waals surface area contributed by atoms with E-state index in [0.717, 1.165) is 0 Å². The van der Waals surface area contributed by atoms with Crippen molar-refractivity contribution >= 4 is 5.88 Å². The van der Waals surface area contributed by atoms with Crippen LogP contribution in [0.2, 0.25) is 0 Å². The molecule has 1 aromatic heterocycles. The normalized spacial score (nSPS) is 11.4. The number of hydrogen-bond donors (Lipinski definition) is 2. The Balaban J connectivity index is 2.46. The van der Waals surface area contributed by atoms with Crippen molar-refractivity contribution in [3.8, 4) is 22.6 Å². The second-order valence-corrected chi connectivity index (χ2v) is 4.04. The van der Waals surface area contributed by atoms with Crippen LogP contribution in [0.25, 0.3) is 11.1 Å². The number of anilines is 1. The van der Waals surface area contributed by atoms with Crippen molar-refractivity contribution in [3.05, 3.63) is 30.0 Å². The van der Waals surface area contributed by atoms with Crippen LogP contribution in [0.15, 0.2) is 28.7 Å². The molecule has 0 aliphatic rings. The zero-order valence-electron chi connectivity index (χ0n) is 10.7. The summed E-state index contributed by atoms with van der Waals surface area (Å²) >= 11 is 0. The minimum Gasteiger partial charge on any atom is -0.504 e. The molecule has 0 unspecified atom stereocenters. The number of ether oxygens (including phenoxy) is 1. The molecule has 0 fully saturated rings. The molecule has 4 nitrogen and oxygen atoms in total. The Hall–Kier alpha value is -2.31. The first-order chi connectivity index (χ1) is 9.31. The lowest BCUT2D eigenvalue weighted by atomic mass is 10.1. The SMILES string of the molecule is CNc1oc(C)c(O)c1-c1cccc(OC(F)(F)F)c1. The van der Waals surface area contributed by atoms with E-state index in [2.05, 4.69) is 10.1 Å². The molecule has 0 radical (unpaired) electrons. The summed E-state index contributed by atoms with van der Waals surface area (Å²) in [5.41, 5.74) is 0.642. The number of alkyl halides is 3. The monoisotopic (exact) mass is 287 g/mol. The summed E-state index contributed by atoms with van der Waals surface area (Å²) in [5, 5.41) is 12.7. The van der Waals surface area contributed by atoms with Gasteiger partial charge < -0.3 is 19.6 Å². The minimum absolute atomic E-state index is 0.126. The molecule has 0 saturated heterocycles. The molecule has 0 saturated carbocycles. The van der Waals surface area contributed by atoms with Crippen molar-refractivity contribution in [1.29, 1.82) is 0 Å². The van der Waals surface area contributed by atoms with Crippen LogP contribution in [0.4, 0.5) is 19.1 Å². The third kappa shape index (κ3) is 2.81. The molecule has 1 aromatic carbocycles. The summed E-state index contributed by atoms with van der Waals surface area (Å²) in [6, 6.07) is 5.31. The van der Waals surface area contributed by atoms with Crippen LogP contribution in [0, 0.1) is 6.92 Å². The third-order valence-electron chi connectivity index (χ3n) is 2.64. The molecule has 2 rings (SSSR count). The summed E-state index contributed by atoms with van der Waals surface area (Å²) in [6.45, 7) is 1.55. The smallest absolute Gasteiger partial charge is 0.504 e. The Morgan fingerprint density at radius 3 is 2.60 bits per heavy atom. The highest BCUT2D eigenvalue weighted by atomic mass is 19.4. The Kier molecular flexibility index (Phi) is 3.52. The molecule has 20 heavy (non-hydrogen) atoms. The molecule has 108 valence electrons. The van der Waals surface area contributed by atoms with Crippen LogP contribution in [-0.4, -0.2) is 18.5 Å². The van der Waals surface area contributed by atoms with Crippen LogP contribution in [0.1, 0.15) is 5.76 Å². The summed E-state index contributed by atoms with van der Waals surface area (Å²) in [6.07, 6.45) is -4.77. The minimum atomic E-state index is -4.77. The number of aromatic hydroxyl groups is 1. The zero-order chi connectivity index (χ0) is 14.9. The van der Waals surface area contributed by atoms with Gasteiger partial charge in [0.05, 0.1) is 5.56 Å². The van der Waals surface area contributed by atoms with Gasteiger partial charge in [-0.2, -0.15) is 0 Å². The lowest BCUT2D eigenvalue weighted by molar-refractivity contribution is -0.274. The first-order valence-corrected chi connectivity index (χ1v) is 5.68. The number of benzene rings is 1. The van der Waals surface area contributed by atoms with Gasteiger partial charge in [-0.05, 0) is 24.6 Å². The van der Waals surface area contributed by atoms with E-state index < -0.39 is 6.36 Å². The molecule has 2 aromatic rings. The summed E-state index contributed by atoms with van der Waals surface area (Å²) in [7, 11) is 1.58. The fraction of sp³-hybridized carbons (Fsp3) is 0.231. The average molecular weight is 287 g/mol. The quantitative estimate of drug-likeness (QED) is 0.899. The predicted molar refractivity (Wildman–Crippen MR) is 66.8 cm³/mol. The van der Waals surface area contributed by atoms with Gasteiger partial charge in [0, 0.05) is 7.05 Å². The van der Waals surface area contributed by atoms with Crippen molar-refractivity contribution < 1.29 is 27.4 Å². The van der Waals surface area contributed by atoms with Crippen LogP contribution in [0.3, 0.4) is 0 Å². The maximum absolute atomic E-state index is 12.2. The van der Waals surface area contributed by atoms with E-state index in [1.807, 2.05) is 0 Å². The highest BCUT2D eigenvalue weighted by molar-refractivity contribution is 5.81. The summed E-state index contributed by atoms with van der Waals surface area (Å²) in [5.74, 6) is 0.0458. The molecule has 1 heterocycles. The molecule has 0 aliphatic carbocycles. The Morgan fingerprint density at radius 1 is 1.30 bits per heavy atom. The number of aryl methyl sites for hydroxylation is 1. The first-order valence-electron chi connectivity index (χ1n) is 5.68. The number of furan rings is 1. The van der Waals surface area contributed by atoms with E-state index >= 15 is 0 Å². The average Bonchev–Trinajstić information content (AvgIpc) is 2.63. The van der Waals surface area contributed by atoms with E-state index in [1.54, 1.807) is 20.0 Å². The van der Waals surface area contributed by atoms with E-state index in [0.29, 0.717) is 5.56 Å². The highest BCUT2D eigenvalue weighted by Crippen LogP contribution is 2.42. The Bertz CT molecular complexity index is 620. The van der Waals surface area contributed by atoms with Crippen LogP contribution in [0.5, 0.6) is 11.5 Å². The van der Waals surface area contributed by atoms with Gasteiger partial charge in [-0.3, -0.25) is 0 Å². The first kappa shape index (κ1) is 14.1. The zero-order valence-corrected chi connectivity index (χ0v) is 10.7. The van der Waals surface area contributed by atoms with Gasteiger partial charge in [-0.15, -0.1) is 13.2 Å². The third-order valence-corrected chi connectivity index (χ3v) is 2.64. The fourth-order valence-electron chi connectivity index (χ4n) is 1.83. The van der Waals surface area contributed by atoms with Gasteiger partial charge in [0.1, 0.15) is 11.5 Å². The maximum Gasteiger partial charge on any atom is 0.573 e. The van der Waals surface area contributed by atoms with E-state index in [-0.39, 0.29) is 28.7 Å². The Labute approximate surface area is 112 Å². The number of hydrogen-bond acceptors (Lipinski definition) is 4. The van der Waals surface area contributed by atoms with Crippen molar-refractivity contribution in [2.75, 3.05) is 12.4 Å². The number of nitrogens with one attached hydrogen (secondary N) is 1. The van der Waals surface area contributed by atoms with Crippen molar-refractivity contribution in [2.24, 2.45) is 0 Å². The van der Waals surface area contributed by atoms with Gasteiger partial charge in [-0.25, -0.2) is 0 Å². The second kappa shape index (κ2) is 4.99. The van der Waals surface area contributed by atoms with E-state index in [9.17, 15) is 18.3 Å². The van der Waals surface area contributed by atoms with Gasteiger partial charge in [-0.1, -0.05) is 12.1 Å². The molecule has 2 N–H and O–H groups in total. The van der Waals surface area contributed by atoms with E-state index in [4.69, 9.17) is 4.42 Å². The fourth-order valence-corrected chi connectivity index (χ4v) is 1.83. The Morgan fingerprint density at radius 2 is 2.00 bits per heavy atom. The lowest BCUT2D eigenvalue weighted by Crippen LogP contribution is -2.17. The molecule has 0 bridgehead atoms. The predicted octanol–water partition coefficient (Wildman–Crippen LogP) is 3.90. The van der Waals surface area contributed by atoms with Crippen molar-refractivity contribution in [3.63, 3.8) is 0 Å². The van der Waals surface area contributed by atoms with Gasteiger partial charge in [0.25, 0.3) is 0 Å².